The number of benzene rings is 1. The van der Waals surface area contributed by atoms with E-state index in [-0.39, 0.29) is 11.8 Å². The van der Waals surface area contributed by atoms with Gasteiger partial charge < -0.3 is 5.32 Å². The Hall–Kier alpha value is -1.46. The normalized spacial score (nSPS) is 13.5. The van der Waals surface area contributed by atoms with Crippen molar-refractivity contribution in [1.82, 2.24) is 10.3 Å². The number of aryl methyl sites for hydroxylation is 1. The van der Waals surface area contributed by atoms with E-state index in [2.05, 4.69) is 16.4 Å². The van der Waals surface area contributed by atoms with E-state index in [1.807, 2.05) is 38.1 Å². The molecule has 1 aromatic heterocycles. The van der Waals surface area contributed by atoms with Crippen LogP contribution in [0.4, 0.5) is 0 Å². The molecule has 0 fully saturated rings. The maximum absolute atomic E-state index is 11.5. The summed E-state index contributed by atoms with van der Waals surface area (Å²) in [6.45, 7) is 4.79. The average molecular weight is 306 g/mol. The molecule has 1 heterocycles. The Bertz CT molecular complexity index is 726. The van der Waals surface area contributed by atoms with Gasteiger partial charge in [0.2, 0.25) is 0 Å². The molecule has 4 nitrogen and oxygen atoms in total. The highest BCUT2D eigenvalue weighted by molar-refractivity contribution is 7.90. The van der Waals surface area contributed by atoms with Crippen LogP contribution in [0.5, 0.6) is 0 Å². The maximum Gasteiger partial charge on any atom is 0.147 e. The Morgan fingerprint density at radius 3 is 2.67 bits per heavy atom. The third-order valence-corrected chi connectivity index (χ3v) is 4.46. The number of para-hydroxylation sites is 1. The number of nitrogens with one attached hydrogen (secondary N) is 1. The van der Waals surface area contributed by atoms with Crippen LogP contribution in [-0.4, -0.2) is 32.0 Å². The number of fused-ring (bicyclic) bond motifs is 1. The average Bonchev–Trinajstić information content (AvgIpc) is 2.41. The summed E-state index contributed by atoms with van der Waals surface area (Å²) in [6.07, 6.45) is 1.85. The van der Waals surface area contributed by atoms with Crippen molar-refractivity contribution in [2.75, 3.05) is 18.6 Å². The first-order valence-corrected chi connectivity index (χ1v) is 9.24. The second-order valence-electron chi connectivity index (χ2n) is 5.40. The van der Waals surface area contributed by atoms with Gasteiger partial charge in [-0.15, -0.1) is 0 Å². The fraction of sp³-hybridized carbons (Fsp3) is 0.438. The van der Waals surface area contributed by atoms with Crippen LogP contribution in [0.15, 0.2) is 30.3 Å². The van der Waals surface area contributed by atoms with Crippen LogP contribution in [0, 0.1) is 6.92 Å². The largest absolute Gasteiger partial charge is 0.310 e. The predicted molar refractivity (Wildman–Crippen MR) is 87.2 cm³/mol. The zero-order valence-electron chi connectivity index (χ0n) is 12.8. The molecule has 0 aliphatic carbocycles. The van der Waals surface area contributed by atoms with E-state index in [9.17, 15) is 8.42 Å². The van der Waals surface area contributed by atoms with Crippen LogP contribution in [0.2, 0.25) is 0 Å². The summed E-state index contributed by atoms with van der Waals surface area (Å²) in [5, 5.41) is 4.48. The van der Waals surface area contributed by atoms with Gasteiger partial charge in [-0.05, 0) is 37.6 Å². The van der Waals surface area contributed by atoms with Crippen molar-refractivity contribution in [3.05, 3.63) is 41.6 Å². The molecule has 5 heteroatoms. The Morgan fingerprint density at radius 1 is 1.29 bits per heavy atom. The lowest BCUT2D eigenvalue weighted by Gasteiger charge is -2.20. The van der Waals surface area contributed by atoms with Gasteiger partial charge in [-0.3, -0.25) is 4.98 Å². The van der Waals surface area contributed by atoms with Crippen molar-refractivity contribution < 1.29 is 8.42 Å². The van der Waals surface area contributed by atoms with Gasteiger partial charge in [0.1, 0.15) is 9.84 Å². The molecule has 0 amide bonds. The van der Waals surface area contributed by atoms with E-state index in [1.165, 1.54) is 6.26 Å². The molecule has 114 valence electrons. The third-order valence-electron chi connectivity index (χ3n) is 3.48. The molecular formula is C16H22N2O2S. The zero-order valence-corrected chi connectivity index (χ0v) is 13.6. The first kappa shape index (κ1) is 15.9. The van der Waals surface area contributed by atoms with E-state index in [0.717, 1.165) is 28.7 Å². The van der Waals surface area contributed by atoms with E-state index in [4.69, 9.17) is 0 Å². The van der Waals surface area contributed by atoms with Gasteiger partial charge >= 0.3 is 0 Å². The fourth-order valence-electron chi connectivity index (χ4n) is 2.57. The quantitative estimate of drug-likeness (QED) is 0.891. The van der Waals surface area contributed by atoms with E-state index in [1.54, 1.807) is 0 Å². The van der Waals surface area contributed by atoms with Crippen LogP contribution in [0.25, 0.3) is 10.9 Å². The number of nitrogens with zero attached hydrogens (tertiary/aromatic N) is 1. The van der Waals surface area contributed by atoms with Crippen LogP contribution >= 0.6 is 0 Å². The number of hydrogen-bond donors (Lipinski definition) is 1. The van der Waals surface area contributed by atoms with E-state index >= 15 is 0 Å². The van der Waals surface area contributed by atoms with Gasteiger partial charge in [-0.1, -0.05) is 25.1 Å². The summed E-state index contributed by atoms with van der Waals surface area (Å²) < 4.78 is 22.9. The summed E-state index contributed by atoms with van der Waals surface area (Å²) in [5.41, 5.74) is 3.03. The summed E-state index contributed by atoms with van der Waals surface area (Å²) in [4.78, 5) is 4.54. The van der Waals surface area contributed by atoms with Gasteiger partial charge in [0, 0.05) is 23.4 Å². The number of hydrogen-bond acceptors (Lipinski definition) is 4. The molecule has 0 spiro atoms. The molecule has 21 heavy (non-hydrogen) atoms. The molecule has 1 N–H and O–H groups in total. The molecule has 1 unspecified atom stereocenters. The smallest absolute Gasteiger partial charge is 0.147 e. The molecular weight excluding hydrogens is 284 g/mol. The van der Waals surface area contributed by atoms with E-state index < -0.39 is 9.84 Å². The standard InChI is InChI=1S/C16H22N2O2S/c1-4-17-15(9-10-21(3,19)20)14-11-12(2)18-16-8-6-5-7-13(14)16/h5-8,11,15,17H,4,9-10H2,1-3H3. The summed E-state index contributed by atoms with van der Waals surface area (Å²) in [7, 11) is -2.96. The highest BCUT2D eigenvalue weighted by Crippen LogP contribution is 2.26. The lowest BCUT2D eigenvalue weighted by atomic mass is 9.99. The highest BCUT2D eigenvalue weighted by Gasteiger charge is 2.16. The zero-order chi connectivity index (χ0) is 15.5. The molecule has 2 rings (SSSR count). The van der Waals surface area contributed by atoms with Gasteiger partial charge in [0.05, 0.1) is 11.3 Å². The summed E-state index contributed by atoms with van der Waals surface area (Å²) >= 11 is 0. The Balaban J connectivity index is 2.44. The molecule has 0 saturated heterocycles. The molecule has 0 radical (unpaired) electrons. The van der Waals surface area contributed by atoms with Crippen LogP contribution in [0.1, 0.15) is 30.6 Å². The molecule has 0 aliphatic rings. The van der Waals surface area contributed by atoms with Gasteiger partial charge in [-0.25, -0.2) is 8.42 Å². The number of rotatable bonds is 6. The molecule has 0 aliphatic heterocycles. The molecule has 1 atom stereocenters. The minimum atomic E-state index is -2.96. The minimum absolute atomic E-state index is 0.0244. The van der Waals surface area contributed by atoms with Crippen molar-refractivity contribution in [2.24, 2.45) is 0 Å². The number of sulfone groups is 1. The molecule has 0 saturated carbocycles. The van der Waals surface area contributed by atoms with Crippen molar-refractivity contribution in [2.45, 2.75) is 26.3 Å². The number of aromatic nitrogens is 1. The molecule has 0 bridgehead atoms. The Morgan fingerprint density at radius 2 is 2.00 bits per heavy atom. The van der Waals surface area contributed by atoms with Crippen LogP contribution in [-0.2, 0) is 9.84 Å². The minimum Gasteiger partial charge on any atom is -0.310 e. The van der Waals surface area contributed by atoms with Crippen LogP contribution < -0.4 is 5.32 Å². The van der Waals surface area contributed by atoms with Crippen LogP contribution in [0.3, 0.4) is 0 Å². The Labute approximate surface area is 126 Å². The van der Waals surface area contributed by atoms with Crippen molar-refractivity contribution in [3.8, 4) is 0 Å². The highest BCUT2D eigenvalue weighted by atomic mass is 32.2. The SMILES string of the molecule is CCNC(CCS(C)(=O)=O)c1cc(C)nc2ccccc12. The monoisotopic (exact) mass is 306 g/mol. The van der Waals surface area contributed by atoms with Gasteiger partial charge in [-0.2, -0.15) is 0 Å². The van der Waals surface area contributed by atoms with Gasteiger partial charge in [0.25, 0.3) is 0 Å². The fourth-order valence-corrected chi connectivity index (χ4v) is 3.24. The topological polar surface area (TPSA) is 59.1 Å². The maximum atomic E-state index is 11.5. The molecule has 1 aromatic carbocycles. The van der Waals surface area contributed by atoms with Crippen molar-refractivity contribution in [1.29, 1.82) is 0 Å². The summed E-state index contributed by atoms with van der Waals surface area (Å²) in [6, 6.07) is 10.1. The van der Waals surface area contributed by atoms with Gasteiger partial charge in [0.15, 0.2) is 0 Å². The van der Waals surface area contributed by atoms with Crippen molar-refractivity contribution in [3.63, 3.8) is 0 Å². The predicted octanol–water partition coefficient (Wildman–Crippen LogP) is 2.63. The van der Waals surface area contributed by atoms with E-state index in [0.29, 0.717) is 6.42 Å². The lowest BCUT2D eigenvalue weighted by Crippen LogP contribution is -2.24. The first-order valence-electron chi connectivity index (χ1n) is 7.18. The second kappa shape index (κ2) is 6.54. The lowest BCUT2D eigenvalue weighted by molar-refractivity contribution is 0.532. The number of pyridine rings is 1. The molecule has 2 aromatic rings. The Kier molecular flexibility index (Phi) is 4.96. The van der Waals surface area contributed by atoms with Crippen molar-refractivity contribution >= 4 is 20.7 Å². The first-order chi connectivity index (χ1) is 9.90. The summed E-state index contributed by atoms with van der Waals surface area (Å²) in [5.74, 6) is 0.181. The second-order valence-corrected chi connectivity index (χ2v) is 7.66. The third kappa shape index (κ3) is 4.25.